The summed E-state index contributed by atoms with van der Waals surface area (Å²) in [6, 6.07) is 8.50. The Kier molecular flexibility index (Phi) is 5.87. The number of nitrogens with zero attached hydrogens (tertiary/aromatic N) is 4. The molecule has 144 valence electrons. The van der Waals surface area contributed by atoms with Crippen LogP contribution in [0.1, 0.15) is 36.8 Å². The van der Waals surface area contributed by atoms with E-state index in [2.05, 4.69) is 44.0 Å². The van der Waals surface area contributed by atoms with Crippen LogP contribution in [0.15, 0.2) is 36.7 Å². The predicted molar refractivity (Wildman–Crippen MR) is 108 cm³/mol. The maximum absolute atomic E-state index is 5.25. The van der Waals surface area contributed by atoms with Crippen molar-refractivity contribution in [3.63, 3.8) is 0 Å². The lowest BCUT2D eigenvalue weighted by Crippen LogP contribution is -2.31. The minimum atomic E-state index is 0.729. The van der Waals surface area contributed by atoms with Crippen molar-refractivity contribution in [3.05, 3.63) is 47.8 Å². The Morgan fingerprint density at radius 2 is 1.70 bits per heavy atom. The molecule has 2 aromatic rings. The van der Waals surface area contributed by atoms with Crippen LogP contribution in [0.25, 0.3) is 0 Å². The summed E-state index contributed by atoms with van der Waals surface area (Å²) in [5, 5.41) is 0. The summed E-state index contributed by atoms with van der Waals surface area (Å²) in [7, 11) is 1.71. The molecule has 4 rings (SSSR count). The van der Waals surface area contributed by atoms with Gasteiger partial charge < -0.3 is 9.64 Å². The molecule has 0 bridgehead atoms. The number of hydrogen-bond donors (Lipinski definition) is 0. The molecule has 3 heterocycles. The fraction of sp³-hybridized carbons (Fsp3) is 0.545. The maximum Gasteiger partial charge on any atom is 0.225 e. The second-order valence-electron chi connectivity index (χ2n) is 7.88. The molecular formula is C22H30N4O. The third-order valence-corrected chi connectivity index (χ3v) is 5.79. The van der Waals surface area contributed by atoms with Crippen molar-refractivity contribution in [1.29, 1.82) is 0 Å². The fourth-order valence-corrected chi connectivity index (χ4v) is 4.26. The molecule has 1 aromatic heterocycles. The normalized spacial score (nSPS) is 20.8. The average Bonchev–Trinajstić information content (AvgIpc) is 3.16. The van der Waals surface area contributed by atoms with Gasteiger partial charge in [0.15, 0.2) is 0 Å². The summed E-state index contributed by atoms with van der Waals surface area (Å²) in [6.07, 6.45) is 10.3. The number of benzene rings is 1. The number of likely N-dealkylation sites (tertiary alicyclic amines) is 1. The first-order valence-corrected chi connectivity index (χ1v) is 10.2. The van der Waals surface area contributed by atoms with Crippen LogP contribution in [-0.2, 0) is 13.0 Å². The summed E-state index contributed by atoms with van der Waals surface area (Å²) in [5.74, 6) is 2.56. The summed E-state index contributed by atoms with van der Waals surface area (Å²) in [4.78, 5) is 14.1. The third-order valence-electron chi connectivity index (χ3n) is 5.79. The Morgan fingerprint density at radius 3 is 2.41 bits per heavy atom. The van der Waals surface area contributed by atoms with Crippen molar-refractivity contribution in [2.24, 2.45) is 5.92 Å². The molecule has 5 heteroatoms. The molecule has 1 unspecified atom stereocenters. The van der Waals surface area contributed by atoms with Crippen molar-refractivity contribution >= 4 is 5.95 Å². The van der Waals surface area contributed by atoms with Gasteiger partial charge in [0.1, 0.15) is 5.75 Å². The lowest BCUT2D eigenvalue weighted by Gasteiger charge is -2.26. The SMILES string of the molecule is COc1ccc(CC2CCN(Cc3cnc(N4CCCCC4)nc3)C2)cc1. The van der Waals surface area contributed by atoms with Gasteiger partial charge in [-0.15, -0.1) is 0 Å². The lowest BCUT2D eigenvalue weighted by atomic mass is 9.99. The quantitative estimate of drug-likeness (QED) is 0.782. The number of anilines is 1. The first-order valence-electron chi connectivity index (χ1n) is 10.2. The molecule has 0 aliphatic carbocycles. The first kappa shape index (κ1) is 18.2. The van der Waals surface area contributed by atoms with Gasteiger partial charge in [-0.05, 0) is 62.3 Å². The highest BCUT2D eigenvalue weighted by atomic mass is 16.5. The molecule has 1 aromatic carbocycles. The van der Waals surface area contributed by atoms with Crippen LogP contribution in [0.2, 0.25) is 0 Å². The molecule has 0 saturated carbocycles. The maximum atomic E-state index is 5.25. The minimum absolute atomic E-state index is 0.729. The van der Waals surface area contributed by atoms with Crippen molar-refractivity contribution in [2.75, 3.05) is 38.2 Å². The molecule has 2 saturated heterocycles. The largest absolute Gasteiger partial charge is 0.497 e. The van der Waals surface area contributed by atoms with E-state index in [0.717, 1.165) is 56.8 Å². The van der Waals surface area contributed by atoms with E-state index in [0.29, 0.717) is 0 Å². The van der Waals surface area contributed by atoms with E-state index < -0.39 is 0 Å². The van der Waals surface area contributed by atoms with E-state index >= 15 is 0 Å². The van der Waals surface area contributed by atoms with Crippen LogP contribution in [-0.4, -0.2) is 48.2 Å². The van der Waals surface area contributed by atoms with Gasteiger partial charge >= 0.3 is 0 Å². The standard InChI is InChI=1S/C22H30N4O/c1-27-21-7-5-18(6-8-21)13-19-9-12-25(16-19)17-20-14-23-22(24-15-20)26-10-3-2-4-11-26/h5-8,14-15,19H,2-4,9-13,16-17H2,1H3. The molecule has 27 heavy (non-hydrogen) atoms. The van der Waals surface area contributed by atoms with Gasteiger partial charge in [0, 0.05) is 44.1 Å². The lowest BCUT2D eigenvalue weighted by molar-refractivity contribution is 0.315. The molecule has 0 amide bonds. The zero-order valence-corrected chi connectivity index (χ0v) is 16.3. The van der Waals surface area contributed by atoms with Crippen molar-refractivity contribution in [1.82, 2.24) is 14.9 Å². The van der Waals surface area contributed by atoms with Crippen molar-refractivity contribution < 1.29 is 4.74 Å². The van der Waals surface area contributed by atoms with Crippen LogP contribution >= 0.6 is 0 Å². The van der Waals surface area contributed by atoms with Gasteiger partial charge in [-0.1, -0.05) is 12.1 Å². The Balaban J connectivity index is 1.27. The highest BCUT2D eigenvalue weighted by molar-refractivity contribution is 5.30. The van der Waals surface area contributed by atoms with Gasteiger partial charge in [-0.25, -0.2) is 9.97 Å². The highest BCUT2D eigenvalue weighted by Gasteiger charge is 2.23. The summed E-state index contributed by atoms with van der Waals surface area (Å²) in [6.45, 7) is 5.46. The smallest absolute Gasteiger partial charge is 0.225 e. The van der Waals surface area contributed by atoms with E-state index in [1.54, 1.807) is 7.11 Å². The second-order valence-corrected chi connectivity index (χ2v) is 7.88. The highest BCUT2D eigenvalue weighted by Crippen LogP contribution is 2.24. The molecule has 1 atom stereocenters. The summed E-state index contributed by atoms with van der Waals surface area (Å²) < 4.78 is 5.25. The molecule has 0 radical (unpaired) electrons. The Morgan fingerprint density at radius 1 is 0.963 bits per heavy atom. The monoisotopic (exact) mass is 366 g/mol. The van der Waals surface area contributed by atoms with Gasteiger partial charge in [0.25, 0.3) is 0 Å². The number of aromatic nitrogens is 2. The van der Waals surface area contributed by atoms with Gasteiger partial charge in [0.05, 0.1) is 7.11 Å². The van der Waals surface area contributed by atoms with Gasteiger partial charge in [0.2, 0.25) is 5.95 Å². The fourth-order valence-electron chi connectivity index (χ4n) is 4.26. The minimum Gasteiger partial charge on any atom is -0.497 e. The van der Waals surface area contributed by atoms with Crippen LogP contribution in [0.5, 0.6) is 5.75 Å². The molecule has 2 aliphatic rings. The molecular weight excluding hydrogens is 336 g/mol. The van der Waals surface area contributed by atoms with E-state index in [1.165, 1.54) is 36.8 Å². The first-order chi connectivity index (χ1) is 13.3. The number of hydrogen-bond acceptors (Lipinski definition) is 5. The number of ether oxygens (including phenoxy) is 1. The van der Waals surface area contributed by atoms with Crippen LogP contribution in [0, 0.1) is 5.92 Å². The number of methoxy groups -OCH3 is 1. The Hall–Kier alpha value is -2.14. The van der Waals surface area contributed by atoms with Crippen LogP contribution in [0.4, 0.5) is 5.95 Å². The average molecular weight is 367 g/mol. The molecule has 0 spiro atoms. The number of rotatable bonds is 6. The van der Waals surface area contributed by atoms with E-state index in [1.807, 2.05) is 12.4 Å². The van der Waals surface area contributed by atoms with Crippen LogP contribution < -0.4 is 9.64 Å². The van der Waals surface area contributed by atoms with Crippen molar-refractivity contribution in [2.45, 2.75) is 38.6 Å². The van der Waals surface area contributed by atoms with Crippen LogP contribution in [0.3, 0.4) is 0 Å². The van der Waals surface area contributed by atoms with Crippen molar-refractivity contribution in [3.8, 4) is 5.75 Å². The molecule has 2 fully saturated rings. The van der Waals surface area contributed by atoms with E-state index in [4.69, 9.17) is 4.74 Å². The molecule has 2 aliphatic heterocycles. The summed E-state index contributed by atoms with van der Waals surface area (Å²) >= 11 is 0. The zero-order chi connectivity index (χ0) is 18.5. The second kappa shape index (κ2) is 8.70. The van der Waals surface area contributed by atoms with E-state index in [-0.39, 0.29) is 0 Å². The Labute approximate surface area is 162 Å². The summed E-state index contributed by atoms with van der Waals surface area (Å²) in [5.41, 5.74) is 2.62. The van der Waals surface area contributed by atoms with E-state index in [9.17, 15) is 0 Å². The number of piperidine rings is 1. The van der Waals surface area contributed by atoms with Gasteiger partial charge in [-0.2, -0.15) is 0 Å². The van der Waals surface area contributed by atoms with Gasteiger partial charge in [-0.3, -0.25) is 4.90 Å². The third kappa shape index (κ3) is 4.78. The zero-order valence-electron chi connectivity index (χ0n) is 16.3. The topological polar surface area (TPSA) is 41.5 Å². The Bertz CT molecular complexity index is 710. The molecule has 0 N–H and O–H groups in total. The predicted octanol–water partition coefficient (Wildman–Crippen LogP) is 3.54. The molecule has 5 nitrogen and oxygen atoms in total.